The number of anilines is 1. The fourth-order valence-corrected chi connectivity index (χ4v) is 2.70. The number of pyridine rings is 1. The van der Waals surface area contributed by atoms with E-state index in [0.717, 1.165) is 0 Å². The standard InChI is InChI=1S/C15H20F3N3O2/c1-2-21-9-12(3-4-13(21)22)19-14(23)11-5-7-20(8-6-11)10-15(16,17)18/h3-4,9,11H,2,5-8,10H2,1H3,(H,19,23). The summed E-state index contributed by atoms with van der Waals surface area (Å²) in [5, 5.41) is 2.74. The molecule has 8 heteroatoms. The summed E-state index contributed by atoms with van der Waals surface area (Å²) in [4.78, 5) is 25.0. The van der Waals surface area contributed by atoms with Crippen LogP contribution < -0.4 is 10.9 Å². The van der Waals surface area contributed by atoms with E-state index in [2.05, 4.69) is 5.32 Å². The molecule has 2 heterocycles. The number of halogens is 3. The minimum absolute atomic E-state index is 0.147. The molecule has 0 bridgehead atoms. The molecule has 0 atom stereocenters. The van der Waals surface area contributed by atoms with Crippen LogP contribution in [0.4, 0.5) is 18.9 Å². The van der Waals surface area contributed by atoms with Gasteiger partial charge in [-0.05, 0) is 38.9 Å². The van der Waals surface area contributed by atoms with Gasteiger partial charge in [0.05, 0.1) is 12.2 Å². The van der Waals surface area contributed by atoms with Crippen molar-refractivity contribution in [2.24, 2.45) is 5.92 Å². The third-order valence-electron chi connectivity index (χ3n) is 3.95. The van der Waals surface area contributed by atoms with Gasteiger partial charge in [-0.1, -0.05) is 0 Å². The molecular formula is C15H20F3N3O2. The quantitative estimate of drug-likeness (QED) is 0.919. The molecule has 1 N–H and O–H groups in total. The van der Waals surface area contributed by atoms with E-state index >= 15 is 0 Å². The molecule has 1 saturated heterocycles. The Balaban J connectivity index is 1.89. The molecule has 23 heavy (non-hydrogen) atoms. The lowest BCUT2D eigenvalue weighted by Gasteiger charge is -2.31. The molecule has 1 amide bonds. The molecule has 0 aromatic carbocycles. The van der Waals surface area contributed by atoms with E-state index in [0.29, 0.717) is 25.1 Å². The van der Waals surface area contributed by atoms with Crippen LogP contribution in [0.1, 0.15) is 19.8 Å². The van der Waals surface area contributed by atoms with E-state index in [1.807, 2.05) is 6.92 Å². The van der Waals surface area contributed by atoms with Crippen molar-refractivity contribution in [1.29, 1.82) is 0 Å². The van der Waals surface area contributed by atoms with Crippen LogP contribution >= 0.6 is 0 Å². The van der Waals surface area contributed by atoms with E-state index in [1.165, 1.54) is 21.6 Å². The number of nitrogens with zero attached hydrogens (tertiary/aromatic N) is 2. The average molecular weight is 331 g/mol. The van der Waals surface area contributed by atoms with Crippen molar-refractivity contribution in [3.8, 4) is 0 Å². The molecule has 0 radical (unpaired) electrons. The normalized spacial score (nSPS) is 17.2. The first kappa shape index (κ1) is 17.5. The minimum atomic E-state index is -4.21. The highest BCUT2D eigenvalue weighted by molar-refractivity contribution is 5.92. The Kier molecular flexibility index (Phi) is 5.46. The monoisotopic (exact) mass is 331 g/mol. The van der Waals surface area contributed by atoms with Gasteiger partial charge in [0.25, 0.3) is 5.56 Å². The van der Waals surface area contributed by atoms with Crippen LogP contribution in [0, 0.1) is 5.92 Å². The lowest BCUT2D eigenvalue weighted by atomic mass is 9.96. The molecule has 1 aromatic rings. The number of aryl methyl sites for hydroxylation is 1. The molecule has 1 aliphatic rings. The van der Waals surface area contributed by atoms with Crippen molar-refractivity contribution in [2.45, 2.75) is 32.5 Å². The summed E-state index contributed by atoms with van der Waals surface area (Å²) in [5.74, 6) is -0.514. The van der Waals surface area contributed by atoms with Crippen LogP contribution in [-0.2, 0) is 11.3 Å². The molecule has 2 rings (SSSR count). The highest BCUT2D eigenvalue weighted by atomic mass is 19.4. The van der Waals surface area contributed by atoms with Gasteiger partial charge in [0.1, 0.15) is 0 Å². The summed E-state index contributed by atoms with van der Waals surface area (Å²) in [6.45, 7) is 1.91. The van der Waals surface area contributed by atoms with Crippen molar-refractivity contribution >= 4 is 11.6 Å². The molecule has 0 spiro atoms. The topological polar surface area (TPSA) is 54.3 Å². The van der Waals surface area contributed by atoms with Crippen molar-refractivity contribution in [2.75, 3.05) is 25.0 Å². The number of rotatable bonds is 4. The zero-order valence-electron chi connectivity index (χ0n) is 12.9. The maximum Gasteiger partial charge on any atom is 0.401 e. The summed E-state index contributed by atoms with van der Waals surface area (Å²) in [6.07, 6.45) is -1.84. The number of aromatic nitrogens is 1. The first-order chi connectivity index (χ1) is 10.8. The van der Waals surface area contributed by atoms with Gasteiger partial charge in [0, 0.05) is 24.7 Å². The molecule has 1 fully saturated rings. The second-order valence-electron chi connectivity index (χ2n) is 5.70. The fourth-order valence-electron chi connectivity index (χ4n) is 2.70. The zero-order chi connectivity index (χ0) is 17.0. The smallest absolute Gasteiger partial charge is 0.325 e. The number of nitrogens with one attached hydrogen (secondary N) is 1. The van der Waals surface area contributed by atoms with Crippen LogP contribution in [0.15, 0.2) is 23.1 Å². The van der Waals surface area contributed by atoms with Crippen molar-refractivity contribution in [3.63, 3.8) is 0 Å². The Morgan fingerprint density at radius 2 is 1.96 bits per heavy atom. The van der Waals surface area contributed by atoms with E-state index < -0.39 is 12.7 Å². The maximum atomic E-state index is 12.3. The van der Waals surface area contributed by atoms with Crippen molar-refractivity contribution < 1.29 is 18.0 Å². The number of likely N-dealkylation sites (tertiary alicyclic amines) is 1. The molecule has 1 aromatic heterocycles. The lowest BCUT2D eigenvalue weighted by molar-refractivity contribution is -0.149. The van der Waals surface area contributed by atoms with Crippen molar-refractivity contribution in [1.82, 2.24) is 9.47 Å². The van der Waals surface area contributed by atoms with Gasteiger partial charge in [-0.3, -0.25) is 14.5 Å². The van der Waals surface area contributed by atoms with Crippen LogP contribution in [0.3, 0.4) is 0 Å². The Hall–Kier alpha value is -1.83. The molecule has 128 valence electrons. The largest absolute Gasteiger partial charge is 0.401 e. The fraction of sp³-hybridized carbons (Fsp3) is 0.600. The Morgan fingerprint density at radius 3 is 2.52 bits per heavy atom. The molecule has 5 nitrogen and oxygen atoms in total. The maximum absolute atomic E-state index is 12.3. The summed E-state index contributed by atoms with van der Waals surface area (Å²) < 4.78 is 38.5. The highest BCUT2D eigenvalue weighted by Crippen LogP contribution is 2.23. The second-order valence-corrected chi connectivity index (χ2v) is 5.70. The number of alkyl halides is 3. The molecule has 0 unspecified atom stereocenters. The predicted octanol–water partition coefficient (Wildman–Crippen LogP) is 2.08. The Labute approximate surface area is 132 Å². The third-order valence-corrected chi connectivity index (χ3v) is 3.95. The third kappa shape index (κ3) is 5.09. The van der Waals surface area contributed by atoms with Crippen molar-refractivity contribution in [3.05, 3.63) is 28.7 Å². The summed E-state index contributed by atoms with van der Waals surface area (Å²) >= 11 is 0. The predicted molar refractivity (Wildman–Crippen MR) is 80.2 cm³/mol. The van der Waals surface area contributed by atoms with E-state index in [9.17, 15) is 22.8 Å². The van der Waals surface area contributed by atoms with Gasteiger partial charge in [0.2, 0.25) is 5.91 Å². The summed E-state index contributed by atoms with van der Waals surface area (Å²) in [5.41, 5.74) is 0.375. The SMILES string of the molecule is CCn1cc(NC(=O)C2CCN(CC(F)(F)F)CC2)ccc1=O. The number of piperidine rings is 1. The minimum Gasteiger partial charge on any atom is -0.325 e. The first-order valence-electron chi connectivity index (χ1n) is 7.59. The van der Waals surface area contributed by atoms with E-state index in [1.54, 1.807) is 6.20 Å². The Morgan fingerprint density at radius 1 is 1.30 bits per heavy atom. The van der Waals surface area contributed by atoms with Gasteiger partial charge in [-0.25, -0.2) is 0 Å². The second kappa shape index (κ2) is 7.16. The Bertz CT molecular complexity index is 605. The van der Waals surface area contributed by atoms with Crippen LogP contribution in [0.2, 0.25) is 0 Å². The molecule has 0 aliphatic carbocycles. The van der Waals surface area contributed by atoms with Crippen LogP contribution in [0.25, 0.3) is 0 Å². The molecular weight excluding hydrogens is 311 g/mol. The van der Waals surface area contributed by atoms with E-state index in [4.69, 9.17) is 0 Å². The number of hydrogen-bond acceptors (Lipinski definition) is 3. The lowest BCUT2D eigenvalue weighted by Crippen LogP contribution is -2.42. The zero-order valence-corrected chi connectivity index (χ0v) is 12.9. The van der Waals surface area contributed by atoms with E-state index in [-0.39, 0.29) is 30.5 Å². The average Bonchev–Trinajstić information content (AvgIpc) is 2.48. The van der Waals surface area contributed by atoms with Crippen LogP contribution in [-0.4, -0.2) is 41.2 Å². The van der Waals surface area contributed by atoms with Gasteiger partial charge in [0.15, 0.2) is 0 Å². The highest BCUT2D eigenvalue weighted by Gasteiger charge is 2.33. The molecule has 1 aliphatic heterocycles. The number of hydrogen-bond donors (Lipinski definition) is 1. The van der Waals surface area contributed by atoms with Crippen LogP contribution in [0.5, 0.6) is 0 Å². The number of amides is 1. The van der Waals surface area contributed by atoms with Gasteiger partial charge < -0.3 is 9.88 Å². The summed E-state index contributed by atoms with van der Waals surface area (Å²) in [6, 6.07) is 2.91. The van der Waals surface area contributed by atoms with Gasteiger partial charge >= 0.3 is 6.18 Å². The van der Waals surface area contributed by atoms with Gasteiger partial charge in [-0.15, -0.1) is 0 Å². The molecule has 0 saturated carbocycles. The number of carbonyl (C=O) groups excluding carboxylic acids is 1. The number of carbonyl (C=O) groups is 1. The van der Waals surface area contributed by atoms with Gasteiger partial charge in [-0.2, -0.15) is 13.2 Å². The summed E-state index contributed by atoms with van der Waals surface area (Å²) in [7, 11) is 0. The first-order valence-corrected chi connectivity index (χ1v) is 7.59.